The zero-order valence-electron chi connectivity index (χ0n) is 11.4. The SMILES string of the molecule is CCCCC(=C=C/C=C/SC)Cc1ccccc1. The van der Waals surface area contributed by atoms with Crippen LogP contribution in [0.5, 0.6) is 0 Å². The predicted molar refractivity (Wildman–Crippen MR) is 83.9 cm³/mol. The van der Waals surface area contributed by atoms with Crippen molar-refractivity contribution >= 4 is 11.8 Å². The van der Waals surface area contributed by atoms with Gasteiger partial charge in [0.2, 0.25) is 0 Å². The predicted octanol–water partition coefficient (Wildman–Crippen LogP) is 5.38. The van der Waals surface area contributed by atoms with E-state index < -0.39 is 0 Å². The standard InChI is InChI=1S/C17H22S/c1-3-4-10-16(13-8-9-14-18-2)15-17-11-6-5-7-12-17/h5-9,11-12,14H,3-4,10,15H2,1-2H3/b14-9+. The molecule has 0 saturated heterocycles. The van der Waals surface area contributed by atoms with E-state index in [1.54, 1.807) is 11.8 Å². The Morgan fingerprint density at radius 1 is 1.28 bits per heavy atom. The Kier molecular flexibility index (Phi) is 8.12. The van der Waals surface area contributed by atoms with Crippen LogP contribution in [0.3, 0.4) is 0 Å². The number of allylic oxidation sites excluding steroid dienone is 2. The summed E-state index contributed by atoms with van der Waals surface area (Å²) in [6.45, 7) is 2.23. The van der Waals surface area contributed by atoms with Crippen LogP contribution >= 0.6 is 11.8 Å². The van der Waals surface area contributed by atoms with Crippen molar-refractivity contribution in [3.8, 4) is 0 Å². The van der Waals surface area contributed by atoms with Crippen molar-refractivity contribution in [2.75, 3.05) is 6.26 Å². The summed E-state index contributed by atoms with van der Waals surface area (Å²) in [6, 6.07) is 10.6. The third-order valence-electron chi connectivity index (χ3n) is 2.69. The molecule has 1 aromatic rings. The van der Waals surface area contributed by atoms with Gasteiger partial charge in [-0.25, -0.2) is 0 Å². The minimum absolute atomic E-state index is 1.02. The maximum absolute atomic E-state index is 3.43. The van der Waals surface area contributed by atoms with E-state index in [0.717, 1.165) is 12.8 Å². The molecule has 0 aliphatic carbocycles. The average Bonchev–Trinajstić information content (AvgIpc) is 2.41. The molecular formula is C17H22S. The van der Waals surface area contributed by atoms with Crippen LogP contribution in [-0.4, -0.2) is 6.26 Å². The first-order valence-corrected chi connectivity index (χ1v) is 7.82. The third kappa shape index (κ3) is 6.54. The van der Waals surface area contributed by atoms with Crippen LogP contribution in [0.15, 0.2) is 59.2 Å². The van der Waals surface area contributed by atoms with Gasteiger partial charge in [-0.05, 0) is 47.8 Å². The molecule has 0 atom stereocenters. The van der Waals surface area contributed by atoms with Gasteiger partial charge in [0, 0.05) is 6.42 Å². The van der Waals surface area contributed by atoms with Crippen LogP contribution < -0.4 is 0 Å². The normalized spacial score (nSPS) is 10.3. The molecule has 0 unspecified atom stereocenters. The van der Waals surface area contributed by atoms with Gasteiger partial charge in [0.25, 0.3) is 0 Å². The first-order chi connectivity index (χ1) is 8.86. The lowest BCUT2D eigenvalue weighted by Gasteiger charge is -2.04. The van der Waals surface area contributed by atoms with Crippen molar-refractivity contribution < 1.29 is 0 Å². The highest BCUT2D eigenvalue weighted by Gasteiger charge is 1.98. The Morgan fingerprint density at radius 2 is 2.06 bits per heavy atom. The maximum Gasteiger partial charge on any atom is 0.000915 e. The first kappa shape index (κ1) is 14.9. The molecule has 0 aliphatic rings. The molecule has 1 rings (SSSR count). The molecule has 1 aromatic carbocycles. The molecule has 0 bridgehead atoms. The highest BCUT2D eigenvalue weighted by molar-refractivity contribution is 8.01. The molecule has 96 valence electrons. The molecule has 0 heterocycles. The summed E-state index contributed by atoms with van der Waals surface area (Å²) in [7, 11) is 0. The molecule has 0 N–H and O–H groups in total. The highest BCUT2D eigenvalue weighted by atomic mass is 32.2. The lowest BCUT2D eigenvalue weighted by Crippen LogP contribution is -1.89. The fourth-order valence-electron chi connectivity index (χ4n) is 1.73. The molecule has 0 aromatic heterocycles. The zero-order chi connectivity index (χ0) is 13.1. The first-order valence-electron chi connectivity index (χ1n) is 6.53. The molecule has 0 aliphatic heterocycles. The van der Waals surface area contributed by atoms with Crippen molar-refractivity contribution in [1.82, 2.24) is 0 Å². The largest absolute Gasteiger partial charge is 0.138 e. The van der Waals surface area contributed by atoms with E-state index in [-0.39, 0.29) is 0 Å². The summed E-state index contributed by atoms with van der Waals surface area (Å²) in [5, 5.41) is 2.08. The quantitative estimate of drug-likeness (QED) is 0.467. The van der Waals surface area contributed by atoms with Crippen molar-refractivity contribution in [3.63, 3.8) is 0 Å². The lowest BCUT2D eigenvalue weighted by molar-refractivity contribution is 0.773. The molecular weight excluding hydrogens is 236 g/mol. The number of unbranched alkanes of at least 4 members (excludes halogenated alkanes) is 1. The lowest BCUT2D eigenvalue weighted by atomic mass is 10.0. The van der Waals surface area contributed by atoms with Crippen LogP contribution in [0, 0.1) is 0 Å². The van der Waals surface area contributed by atoms with Crippen LogP contribution in [0.1, 0.15) is 31.7 Å². The summed E-state index contributed by atoms with van der Waals surface area (Å²) in [5.74, 6) is 0. The Hall–Kier alpha value is -1.17. The average molecular weight is 258 g/mol. The van der Waals surface area contributed by atoms with Gasteiger partial charge in [-0.15, -0.1) is 17.5 Å². The number of hydrogen-bond donors (Lipinski definition) is 0. The minimum Gasteiger partial charge on any atom is -0.138 e. The molecule has 0 saturated carbocycles. The fraction of sp³-hybridized carbons (Fsp3) is 0.353. The van der Waals surface area contributed by atoms with Crippen molar-refractivity contribution in [2.45, 2.75) is 32.6 Å². The Balaban J connectivity index is 2.72. The minimum atomic E-state index is 1.02. The molecule has 0 radical (unpaired) electrons. The zero-order valence-corrected chi connectivity index (χ0v) is 12.2. The second kappa shape index (κ2) is 9.82. The van der Waals surface area contributed by atoms with Gasteiger partial charge in [-0.3, -0.25) is 0 Å². The molecule has 0 nitrogen and oxygen atoms in total. The molecule has 18 heavy (non-hydrogen) atoms. The van der Waals surface area contributed by atoms with Crippen molar-refractivity contribution in [3.05, 3.63) is 64.8 Å². The molecule has 1 heteroatoms. The summed E-state index contributed by atoms with van der Waals surface area (Å²) in [5.41, 5.74) is 6.20. The van der Waals surface area contributed by atoms with E-state index in [9.17, 15) is 0 Å². The number of benzene rings is 1. The number of thioether (sulfide) groups is 1. The van der Waals surface area contributed by atoms with Gasteiger partial charge in [-0.2, -0.15) is 0 Å². The third-order valence-corrected chi connectivity index (χ3v) is 3.12. The van der Waals surface area contributed by atoms with E-state index in [1.807, 2.05) is 6.08 Å². The van der Waals surface area contributed by atoms with Crippen molar-refractivity contribution in [2.24, 2.45) is 0 Å². The van der Waals surface area contributed by atoms with E-state index in [0.29, 0.717) is 0 Å². The topological polar surface area (TPSA) is 0 Å². The molecule has 0 fully saturated rings. The summed E-state index contributed by atoms with van der Waals surface area (Å²) in [4.78, 5) is 0. The van der Waals surface area contributed by atoms with Crippen molar-refractivity contribution in [1.29, 1.82) is 0 Å². The van der Waals surface area contributed by atoms with Gasteiger partial charge >= 0.3 is 0 Å². The summed E-state index contributed by atoms with van der Waals surface area (Å²) < 4.78 is 0. The van der Waals surface area contributed by atoms with Gasteiger partial charge in [-0.1, -0.05) is 43.7 Å². The van der Waals surface area contributed by atoms with Crippen LogP contribution in [0.25, 0.3) is 0 Å². The van der Waals surface area contributed by atoms with Crippen LogP contribution in [-0.2, 0) is 6.42 Å². The van der Waals surface area contributed by atoms with E-state index in [4.69, 9.17) is 0 Å². The Labute approximate surface area is 116 Å². The number of rotatable bonds is 7. The second-order valence-electron chi connectivity index (χ2n) is 4.24. The van der Waals surface area contributed by atoms with Crippen LogP contribution in [0.2, 0.25) is 0 Å². The Bertz CT molecular complexity index is 408. The maximum atomic E-state index is 3.43. The van der Waals surface area contributed by atoms with Gasteiger partial charge in [0.15, 0.2) is 0 Å². The summed E-state index contributed by atoms with van der Waals surface area (Å²) >= 11 is 1.71. The molecule has 0 amide bonds. The smallest absolute Gasteiger partial charge is 0.000915 e. The van der Waals surface area contributed by atoms with Gasteiger partial charge < -0.3 is 0 Å². The van der Waals surface area contributed by atoms with E-state index in [2.05, 4.69) is 60.7 Å². The van der Waals surface area contributed by atoms with Gasteiger partial charge in [0.1, 0.15) is 0 Å². The monoisotopic (exact) mass is 258 g/mol. The Morgan fingerprint density at radius 3 is 2.72 bits per heavy atom. The summed E-state index contributed by atoms with van der Waals surface area (Å²) in [6.07, 6.45) is 10.8. The van der Waals surface area contributed by atoms with E-state index in [1.165, 1.54) is 24.0 Å². The number of hydrogen-bond acceptors (Lipinski definition) is 1. The molecule has 0 spiro atoms. The highest BCUT2D eigenvalue weighted by Crippen LogP contribution is 2.13. The second-order valence-corrected chi connectivity index (χ2v) is 4.99. The van der Waals surface area contributed by atoms with E-state index >= 15 is 0 Å². The van der Waals surface area contributed by atoms with Crippen LogP contribution in [0.4, 0.5) is 0 Å². The fourth-order valence-corrected chi connectivity index (χ4v) is 1.96. The van der Waals surface area contributed by atoms with Gasteiger partial charge in [0.05, 0.1) is 0 Å².